The Bertz CT molecular complexity index is 5050. The summed E-state index contributed by atoms with van der Waals surface area (Å²) in [6.45, 7) is 12.3. The molecule has 2 aromatic heterocycles. The summed E-state index contributed by atoms with van der Waals surface area (Å²) in [5.41, 5.74) is 16.4. The molecule has 620 valence electrons. The third kappa shape index (κ3) is 22.1. The molecule has 0 spiro atoms. The maximum absolute atomic E-state index is 14.4. The van der Waals surface area contributed by atoms with E-state index in [-0.39, 0.29) is 89.9 Å². The van der Waals surface area contributed by atoms with Crippen LogP contribution in [0.3, 0.4) is 0 Å². The first kappa shape index (κ1) is 89.6. The van der Waals surface area contributed by atoms with E-state index >= 15 is 0 Å². The van der Waals surface area contributed by atoms with Crippen LogP contribution in [-0.2, 0) is 44.8 Å². The summed E-state index contributed by atoms with van der Waals surface area (Å²) in [4.78, 5) is 166. The van der Waals surface area contributed by atoms with Gasteiger partial charge >= 0.3 is 17.9 Å². The Morgan fingerprint density at radius 1 is 0.496 bits per heavy atom. The number of carboxylic acids is 3. The van der Waals surface area contributed by atoms with Gasteiger partial charge in [-0.25, -0.2) is 18.7 Å². The van der Waals surface area contributed by atoms with Gasteiger partial charge in [0, 0.05) is 114 Å². The molecular formula is C86H108N12O15S2Si2+2. The molecule has 8 amide bonds. The van der Waals surface area contributed by atoms with E-state index in [9.17, 15) is 72.9 Å². The minimum atomic E-state index is -2.39. The number of aromatic carboxylic acids is 2. The summed E-state index contributed by atoms with van der Waals surface area (Å²) in [5.74, 6) is -9.92. The molecule has 5 aromatic rings. The molecule has 0 bridgehead atoms. The molecule has 2 aliphatic heterocycles. The molecule has 4 atom stereocenters. The monoisotopic (exact) mass is 1670 g/mol. The van der Waals surface area contributed by atoms with Crippen molar-refractivity contribution in [3.63, 3.8) is 0 Å². The zero-order chi connectivity index (χ0) is 85.7. The predicted molar refractivity (Wildman–Crippen MR) is 462 cm³/mol. The van der Waals surface area contributed by atoms with Crippen LogP contribution in [0.15, 0.2) is 137 Å². The molecule has 2 aliphatic carbocycles. The number of hydrogen-bond donors (Lipinski definition) is 11. The normalized spacial score (nSPS) is 15.1. The number of Topliss-reactive ketones (excluding diaryl/α,β-unsaturated/α-hetero) is 1. The van der Waals surface area contributed by atoms with E-state index < -0.39 is 131 Å². The summed E-state index contributed by atoms with van der Waals surface area (Å²) >= 11 is 1.75. The highest BCUT2D eigenvalue weighted by Gasteiger charge is 2.44. The molecule has 27 nitrogen and oxygen atoms in total. The van der Waals surface area contributed by atoms with Gasteiger partial charge in [-0.2, -0.15) is 0 Å². The number of anilines is 2. The molecular weight excluding hydrogens is 1560 g/mol. The molecule has 0 radical (unpaired) electrons. The highest BCUT2D eigenvalue weighted by atomic mass is 32.1. The van der Waals surface area contributed by atoms with Gasteiger partial charge in [0.15, 0.2) is 17.2 Å². The van der Waals surface area contributed by atoms with Crippen molar-refractivity contribution in [1.29, 1.82) is 0 Å². The van der Waals surface area contributed by atoms with Crippen molar-refractivity contribution in [1.82, 2.24) is 37.2 Å². The Morgan fingerprint density at radius 3 is 1.38 bits per heavy atom. The van der Waals surface area contributed by atoms with Crippen molar-refractivity contribution in [2.45, 2.75) is 141 Å². The standard InChI is InChI=1S/C86H106N12O15S2Si2/c1-49(2)40-63(65(99)34-35-72(100)91-61(80(87)105)24-18-20-38-88-83(108)66-46-59(78(114-66)85(110)111)76-55-30-26-51(95(3)4)42-68(55)116(11,12)69-43-52(96(5)6)27-31-56(69)76)94-82(107)64(41-50-22-16-15-17-23-50)93-74(102)48-90-81(106)62(92-73(101)36-37-75(103)104)25-19-21-39-89-84(109)67-47-60(79(115-67)86(112)113)77-57-32-28-53(97(7)8)44-70(57)117(13,14)71-45-54(98(9)10)29-33-58(71)77/h15-17,22-23,26-33,42-47,49,61-64H,18-21,24-25,34-41,48H2,1-14H3,(H10-2,87,88,89,90,91,92,93,94,100,101,102,103,104,105,106,107,108,109,110,111,112,113)/p+2/t61-,62-,63-,64-/m1/s1. The smallest absolute Gasteiger partial charge is 0.346 e. The summed E-state index contributed by atoms with van der Waals surface area (Å²) in [6, 6.07) is 19.5. The molecule has 31 heteroatoms. The summed E-state index contributed by atoms with van der Waals surface area (Å²) in [5, 5.41) is 54.1. The lowest BCUT2D eigenvalue weighted by molar-refractivity contribution is -0.462. The fourth-order valence-electron chi connectivity index (χ4n) is 14.9. The summed E-state index contributed by atoms with van der Waals surface area (Å²) in [7, 11) is 11.0. The van der Waals surface area contributed by atoms with Crippen LogP contribution in [-0.4, -0.2) is 223 Å². The number of hydrogen-bond acceptors (Lipinski definition) is 16. The molecule has 0 unspecified atom stereocenters. The zero-order valence-corrected chi connectivity index (χ0v) is 72.5. The van der Waals surface area contributed by atoms with Gasteiger partial charge in [0.05, 0.1) is 28.8 Å². The van der Waals surface area contributed by atoms with E-state index in [1.54, 1.807) is 42.5 Å². The SMILES string of the molecule is CC(C)C[C@@H](NC(=O)[C@@H](Cc1ccccc1)NC(=O)CNC(=O)[C@@H](CCCCNC(=O)c1cc(C2=C3C=CC(=[N+](C)C)C=C3[Si](C)(C)c3cc(N(C)C)ccc32)c(C(=O)O)s1)NC(=O)CCC(=O)O)C(=O)CCC(=O)N[C@H](CCCCNC(=O)c1cc(C2=C3C=CC(=[N+](C)C)C=C3[Si](C)(C)c3cc(N(C)C)ccc32)c(C(=O)O)s1)C(N)=O. The number of carbonyl (C=O) groups is 12. The number of carboxylic acid groups (broad SMARTS) is 3. The van der Waals surface area contributed by atoms with Gasteiger partial charge < -0.3 is 68.1 Å². The van der Waals surface area contributed by atoms with E-state index in [1.165, 1.54) is 0 Å². The number of carbonyl (C=O) groups excluding carboxylic acids is 9. The largest absolute Gasteiger partial charge is 0.481 e. The fourth-order valence-corrected chi connectivity index (χ4v) is 22.9. The van der Waals surface area contributed by atoms with Crippen molar-refractivity contribution in [2.24, 2.45) is 11.7 Å². The number of unbranched alkanes of at least 4 members (excludes halogenated alkanes) is 2. The molecule has 0 fully saturated rings. The average molecular weight is 1670 g/mol. The first-order valence-corrected chi connectivity index (χ1v) is 46.8. The Morgan fingerprint density at radius 2 is 0.949 bits per heavy atom. The van der Waals surface area contributed by atoms with Gasteiger partial charge in [0.2, 0.25) is 35.4 Å². The average Bonchev–Trinajstić information content (AvgIpc) is 1.70. The number of nitrogens with one attached hydrogen (secondary N) is 7. The minimum absolute atomic E-state index is 0.00586. The number of rotatable bonds is 38. The molecule has 4 aliphatic rings. The number of thiophene rings is 2. The zero-order valence-electron chi connectivity index (χ0n) is 68.9. The van der Waals surface area contributed by atoms with Gasteiger partial charge in [0.25, 0.3) is 11.8 Å². The van der Waals surface area contributed by atoms with Gasteiger partial charge in [-0.3, -0.25) is 47.9 Å². The van der Waals surface area contributed by atoms with Crippen LogP contribution >= 0.6 is 22.7 Å². The number of nitrogens with zero attached hydrogens (tertiary/aromatic N) is 4. The van der Waals surface area contributed by atoms with Crippen LogP contribution in [0.4, 0.5) is 11.4 Å². The predicted octanol–water partition coefficient (Wildman–Crippen LogP) is 6.84. The Hall–Kier alpha value is -11.3. The highest BCUT2D eigenvalue weighted by molar-refractivity contribution is 7.16. The van der Waals surface area contributed by atoms with Crippen molar-refractivity contribution < 1.29 is 82.0 Å². The highest BCUT2D eigenvalue weighted by Crippen LogP contribution is 2.47. The van der Waals surface area contributed by atoms with E-state index in [2.05, 4.69) is 87.7 Å². The van der Waals surface area contributed by atoms with Crippen LogP contribution in [0.2, 0.25) is 26.2 Å². The molecule has 0 saturated heterocycles. The van der Waals surface area contributed by atoms with Gasteiger partial charge in [-0.1, -0.05) is 82.5 Å². The number of aliphatic carboxylic acids is 1. The molecule has 3 aromatic carbocycles. The number of fused-ring (bicyclic) bond motifs is 4. The third-order valence-electron chi connectivity index (χ3n) is 21.4. The Balaban J connectivity index is 0.782. The van der Waals surface area contributed by atoms with Crippen molar-refractivity contribution >= 4 is 154 Å². The van der Waals surface area contributed by atoms with Crippen molar-refractivity contribution in [3.8, 4) is 0 Å². The lowest BCUT2D eigenvalue weighted by Gasteiger charge is -2.38. The van der Waals surface area contributed by atoms with Crippen LogP contribution in [0, 0.1) is 5.92 Å². The molecule has 0 saturated carbocycles. The number of nitrogens with two attached hydrogens (primary N) is 1. The van der Waals surface area contributed by atoms with Gasteiger partial charge in [-0.05, 0) is 159 Å². The fraction of sp³-hybridized carbons (Fsp3) is 0.395. The second-order valence-corrected chi connectivity index (χ2v) is 42.8. The number of allylic oxidation sites excluding steroid dienone is 10. The molecule has 9 rings (SSSR count). The number of primary amides is 1. The maximum atomic E-state index is 14.4. The first-order valence-electron chi connectivity index (χ1n) is 39.2. The van der Waals surface area contributed by atoms with E-state index in [0.29, 0.717) is 29.5 Å². The second kappa shape index (κ2) is 39.1. The van der Waals surface area contributed by atoms with Gasteiger partial charge in [-0.15, -0.1) is 22.7 Å². The van der Waals surface area contributed by atoms with E-state index in [1.807, 2.05) is 138 Å². The number of amides is 8. The second-order valence-electron chi connectivity index (χ2n) is 32.0. The van der Waals surface area contributed by atoms with Crippen LogP contribution in [0.1, 0.15) is 151 Å². The van der Waals surface area contributed by atoms with Crippen LogP contribution < -0.4 is 63.1 Å². The van der Waals surface area contributed by atoms with Crippen molar-refractivity contribution in [3.05, 3.63) is 184 Å². The summed E-state index contributed by atoms with van der Waals surface area (Å²) < 4.78 is 4.06. The lowest BCUT2D eigenvalue weighted by atomic mass is 9.89. The molecule has 12 N–H and O–H groups in total. The summed E-state index contributed by atoms with van der Waals surface area (Å²) in [6.07, 6.45) is 12.0. The van der Waals surface area contributed by atoms with E-state index in [4.69, 9.17) is 5.73 Å². The first-order chi connectivity index (χ1) is 55.3. The molecule has 117 heavy (non-hydrogen) atoms. The van der Waals surface area contributed by atoms with Crippen LogP contribution in [0.25, 0.3) is 11.1 Å². The van der Waals surface area contributed by atoms with Crippen LogP contribution in [0.5, 0.6) is 0 Å². The third-order valence-corrected chi connectivity index (χ3v) is 30.6. The topological polar surface area (TPSA) is 388 Å². The maximum Gasteiger partial charge on any atom is 0.346 e. The quantitative estimate of drug-likeness (QED) is 0.0109. The number of benzene rings is 3. The Kier molecular flexibility index (Phi) is 30.0. The van der Waals surface area contributed by atoms with E-state index in [0.717, 1.165) is 99.7 Å². The lowest BCUT2D eigenvalue weighted by Crippen LogP contribution is -2.55. The van der Waals surface area contributed by atoms with Gasteiger partial charge in [0.1, 0.15) is 72.2 Å². The van der Waals surface area contributed by atoms with Crippen molar-refractivity contribution in [2.75, 3.05) is 85.8 Å². The number of ketones is 1. The minimum Gasteiger partial charge on any atom is -0.481 e. The Labute approximate surface area is 692 Å². The molecule has 4 heterocycles.